The molecule has 1 aromatic heterocycles. The molecule has 0 radical (unpaired) electrons. The third kappa shape index (κ3) is 2.87. The van der Waals surface area contributed by atoms with Crippen LogP contribution in [0.15, 0.2) is 42.5 Å². The van der Waals surface area contributed by atoms with Crippen LogP contribution in [0.4, 0.5) is 0 Å². The third-order valence-corrected chi connectivity index (χ3v) is 4.24. The first kappa shape index (κ1) is 14.7. The van der Waals surface area contributed by atoms with Gasteiger partial charge in [-0.2, -0.15) is 0 Å². The van der Waals surface area contributed by atoms with Crippen molar-refractivity contribution in [1.29, 1.82) is 0 Å². The van der Waals surface area contributed by atoms with E-state index in [1.807, 2.05) is 18.2 Å². The molecule has 0 bridgehead atoms. The van der Waals surface area contributed by atoms with Crippen molar-refractivity contribution >= 4 is 45.2 Å². The molecule has 0 aliphatic rings. The maximum atomic E-state index is 5.93. The summed E-state index contributed by atoms with van der Waals surface area (Å²) in [4.78, 5) is 4.71. The molecule has 21 heavy (non-hydrogen) atoms. The van der Waals surface area contributed by atoms with Gasteiger partial charge in [0.25, 0.3) is 0 Å². The molecule has 0 N–H and O–H groups in total. The number of imidazole rings is 1. The molecule has 5 heteroatoms. The predicted molar refractivity (Wildman–Crippen MR) is 94.8 cm³/mol. The Kier molecular flexibility index (Phi) is 4.35. The molecule has 0 amide bonds. The van der Waals surface area contributed by atoms with Gasteiger partial charge in [-0.1, -0.05) is 0 Å². The molecule has 0 aliphatic heterocycles. The topological polar surface area (TPSA) is 27.1 Å². The smallest absolute Gasteiger partial charge is 0.121 e. The highest BCUT2D eigenvalue weighted by atomic mass is 127. The van der Waals surface area contributed by atoms with Gasteiger partial charge < -0.3 is 4.74 Å². The van der Waals surface area contributed by atoms with Crippen molar-refractivity contribution in [2.24, 2.45) is 0 Å². The van der Waals surface area contributed by atoms with Crippen molar-refractivity contribution < 1.29 is 4.74 Å². The average molecular weight is 413 g/mol. The highest BCUT2D eigenvalue weighted by Gasteiger charge is 2.12. The summed E-state index contributed by atoms with van der Waals surface area (Å²) in [6.45, 7) is 0. The number of hydrogen-bond donors (Lipinski definition) is 0. The molecule has 3 rings (SSSR count). The van der Waals surface area contributed by atoms with Gasteiger partial charge in [-0.3, -0.25) is 4.57 Å². The lowest BCUT2D eigenvalue weighted by Gasteiger charge is -2.09. The predicted octanol–water partition coefficient (Wildman–Crippen LogP) is 4.42. The Bertz CT molecular complexity index is 768. The largest absolute Gasteiger partial charge is 0.497 e. The van der Waals surface area contributed by atoms with Crippen molar-refractivity contribution in [3.8, 4) is 11.4 Å². The summed E-state index contributed by atoms with van der Waals surface area (Å²) in [7, 11) is 1.66. The monoisotopic (exact) mass is 412 g/mol. The first-order valence-corrected chi connectivity index (χ1v) is 8.21. The summed E-state index contributed by atoms with van der Waals surface area (Å²) in [5.41, 5.74) is 3.09. The number of aromatic nitrogens is 2. The highest BCUT2D eigenvalue weighted by Crippen LogP contribution is 2.26. The van der Waals surface area contributed by atoms with Gasteiger partial charge in [0.2, 0.25) is 0 Å². The van der Waals surface area contributed by atoms with Crippen LogP contribution in [-0.4, -0.2) is 22.5 Å². The highest BCUT2D eigenvalue weighted by molar-refractivity contribution is 14.1. The standard InChI is InChI=1S/C16H14ClIN2O/c1-21-13-6-7-15-14(10-13)19-16(8-9-17)20(15)12-4-2-11(18)3-5-12/h2-7,10H,8-9H2,1H3. The van der Waals surface area contributed by atoms with Gasteiger partial charge in [0.1, 0.15) is 11.6 Å². The molecular weight excluding hydrogens is 399 g/mol. The number of halogens is 2. The minimum absolute atomic E-state index is 0.546. The lowest BCUT2D eigenvalue weighted by atomic mass is 10.2. The van der Waals surface area contributed by atoms with Crippen LogP contribution in [0.2, 0.25) is 0 Å². The van der Waals surface area contributed by atoms with Crippen LogP contribution in [0, 0.1) is 3.57 Å². The van der Waals surface area contributed by atoms with E-state index < -0.39 is 0 Å². The second-order valence-corrected chi connectivity index (χ2v) is 6.26. The minimum atomic E-state index is 0.546. The van der Waals surface area contributed by atoms with E-state index in [4.69, 9.17) is 21.3 Å². The summed E-state index contributed by atoms with van der Waals surface area (Å²) in [6, 6.07) is 14.3. The van der Waals surface area contributed by atoms with Crippen LogP contribution in [0.5, 0.6) is 5.75 Å². The van der Waals surface area contributed by atoms with Gasteiger partial charge in [0, 0.05) is 27.6 Å². The average Bonchev–Trinajstić information content (AvgIpc) is 2.85. The Hall–Kier alpha value is -1.27. The molecule has 1 heterocycles. The van der Waals surface area contributed by atoms with Gasteiger partial charge in [-0.25, -0.2) is 4.98 Å². The van der Waals surface area contributed by atoms with Crippen molar-refractivity contribution in [3.63, 3.8) is 0 Å². The van der Waals surface area contributed by atoms with Crippen LogP contribution in [0.25, 0.3) is 16.7 Å². The van der Waals surface area contributed by atoms with Crippen molar-refractivity contribution in [3.05, 3.63) is 51.9 Å². The van der Waals surface area contributed by atoms with Gasteiger partial charge in [-0.15, -0.1) is 11.6 Å². The van der Waals surface area contributed by atoms with E-state index in [0.717, 1.165) is 34.7 Å². The summed E-state index contributed by atoms with van der Waals surface area (Å²) in [6.07, 6.45) is 0.727. The fourth-order valence-electron chi connectivity index (χ4n) is 2.37. The van der Waals surface area contributed by atoms with Crippen molar-refractivity contribution in [2.45, 2.75) is 6.42 Å². The van der Waals surface area contributed by atoms with E-state index in [0.29, 0.717) is 5.88 Å². The molecular formula is C16H14ClIN2O. The number of hydrogen-bond acceptors (Lipinski definition) is 2. The number of aryl methyl sites for hydroxylation is 1. The zero-order chi connectivity index (χ0) is 14.8. The second-order valence-electron chi connectivity index (χ2n) is 4.63. The summed E-state index contributed by atoms with van der Waals surface area (Å²) >= 11 is 8.23. The van der Waals surface area contributed by atoms with E-state index in [2.05, 4.69) is 51.4 Å². The second kappa shape index (κ2) is 6.23. The molecule has 108 valence electrons. The van der Waals surface area contributed by atoms with Crippen LogP contribution in [0.3, 0.4) is 0 Å². The summed E-state index contributed by atoms with van der Waals surface area (Å²) in [5.74, 6) is 2.33. The van der Waals surface area contributed by atoms with E-state index in [1.54, 1.807) is 7.11 Å². The molecule has 0 atom stereocenters. The van der Waals surface area contributed by atoms with Crippen LogP contribution >= 0.6 is 34.2 Å². The quantitative estimate of drug-likeness (QED) is 0.468. The number of rotatable bonds is 4. The number of ether oxygens (including phenoxy) is 1. The normalized spacial score (nSPS) is 11.0. The van der Waals surface area contributed by atoms with Gasteiger partial charge in [0.15, 0.2) is 0 Å². The number of alkyl halides is 1. The molecule has 0 fully saturated rings. The van der Waals surface area contributed by atoms with Gasteiger partial charge in [-0.05, 0) is 59.0 Å². The number of nitrogens with zero attached hydrogens (tertiary/aromatic N) is 2. The van der Waals surface area contributed by atoms with E-state index in [-0.39, 0.29) is 0 Å². The molecule has 0 saturated heterocycles. The van der Waals surface area contributed by atoms with Crippen LogP contribution < -0.4 is 4.74 Å². The first-order valence-electron chi connectivity index (χ1n) is 6.60. The molecule has 3 aromatic rings. The molecule has 0 unspecified atom stereocenters. The van der Waals surface area contributed by atoms with Crippen LogP contribution in [0.1, 0.15) is 5.82 Å². The summed E-state index contributed by atoms with van der Waals surface area (Å²) < 4.78 is 8.65. The van der Waals surface area contributed by atoms with Gasteiger partial charge in [0.05, 0.1) is 18.1 Å². The van der Waals surface area contributed by atoms with E-state index in [9.17, 15) is 0 Å². The number of benzene rings is 2. The lowest BCUT2D eigenvalue weighted by Crippen LogP contribution is -2.02. The number of fused-ring (bicyclic) bond motifs is 1. The van der Waals surface area contributed by atoms with Crippen molar-refractivity contribution in [2.75, 3.05) is 13.0 Å². The summed E-state index contributed by atoms with van der Waals surface area (Å²) in [5, 5.41) is 0. The molecule has 0 saturated carbocycles. The van der Waals surface area contributed by atoms with Gasteiger partial charge >= 0.3 is 0 Å². The zero-order valence-corrected chi connectivity index (χ0v) is 14.4. The SMILES string of the molecule is COc1ccc2c(c1)nc(CCCl)n2-c1ccc(I)cc1. The Labute approximate surface area is 142 Å². The van der Waals surface area contributed by atoms with E-state index >= 15 is 0 Å². The van der Waals surface area contributed by atoms with E-state index in [1.165, 1.54) is 3.57 Å². The fraction of sp³-hybridized carbons (Fsp3) is 0.188. The van der Waals surface area contributed by atoms with Crippen molar-refractivity contribution in [1.82, 2.24) is 9.55 Å². The number of methoxy groups -OCH3 is 1. The zero-order valence-electron chi connectivity index (χ0n) is 11.5. The Morgan fingerprint density at radius 3 is 2.62 bits per heavy atom. The Balaban J connectivity index is 2.22. The first-order chi connectivity index (χ1) is 10.2. The maximum Gasteiger partial charge on any atom is 0.121 e. The Morgan fingerprint density at radius 2 is 1.95 bits per heavy atom. The van der Waals surface area contributed by atoms with Crippen LogP contribution in [-0.2, 0) is 6.42 Å². The molecule has 2 aromatic carbocycles. The maximum absolute atomic E-state index is 5.93. The minimum Gasteiger partial charge on any atom is -0.497 e. The third-order valence-electron chi connectivity index (χ3n) is 3.33. The lowest BCUT2D eigenvalue weighted by molar-refractivity contribution is 0.415. The molecule has 0 aliphatic carbocycles. The molecule has 3 nitrogen and oxygen atoms in total. The fourth-order valence-corrected chi connectivity index (χ4v) is 2.90. The molecule has 0 spiro atoms. The Morgan fingerprint density at radius 1 is 1.19 bits per heavy atom.